The Bertz CT molecular complexity index is 1230. The Morgan fingerprint density at radius 2 is 1.70 bits per heavy atom. The summed E-state index contributed by atoms with van der Waals surface area (Å²) in [5.41, 5.74) is 4.16. The minimum Gasteiger partial charge on any atom is -0.326 e. The molecule has 0 aliphatic rings. The number of carbonyl (C=O) groups excluding carboxylic acids is 2. The Labute approximate surface area is 181 Å². The van der Waals surface area contributed by atoms with Gasteiger partial charge in [0.25, 0.3) is 5.91 Å². The summed E-state index contributed by atoms with van der Waals surface area (Å²) in [6.07, 6.45) is 5.01. The van der Waals surface area contributed by atoms with E-state index < -0.39 is 0 Å². The number of benzene rings is 2. The van der Waals surface area contributed by atoms with E-state index in [0.29, 0.717) is 17.0 Å². The van der Waals surface area contributed by atoms with Crippen molar-refractivity contribution in [2.45, 2.75) is 6.92 Å². The molecule has 0 atom stereocenters. The highest BCUT2D eigenvalue weighted by atomic mass is 79.9. The molecule has 150 valence electrons. The van der Waals surface area contributed by atoms with Crippen LogP contribution in [0, 0.1) is 0 Å². The number of rotatable bonds is 4. The lowest BCUT2D eigenvalue weighted by Gasteiger charge is -2.17. The van der Waals surface area contributed by atoms with E-state index in [4.69, 9.17) is 0 Å². The smallest absolute Gasteiger partial charge is 0.278 e. The van der Waals surface area contributed by atoms with Gasteiger partial charge < -0.3 is 10.2 Å². The molecule has 0 aliphatic heterocycles. The molecular formula is C22H18BrN5O2. The van der Waals surface area contributed by atoms with Crippen LogP contribution in [0.4, 0.5) is 11.4 Å². The molecule has 0 saturated carbocycles. The highest BCUT2D eigenvalue weighted by molar-refractivity contribution is 9.10. The van der Waals surface area contributed by atoms with Crippen LogP contribution in [0.15, 0.2) is 71.6 Å². The van der Waals surface area contributed by atoms with Crippen molar-refractivity contribution in [3.05, 3.63) is 77.3 Å². The first-order valence-electron chi connectivity index (χ1n) is 9.17. The lowest BCUT2D eigenvalue weighted by molar-refractivity contribution is -0.114. The van der Waals surface area contributed by atoms with Gasteiger partial charge in [0.1, 0.15) is 5.69 Å². The topological polar surface area (TPSA) is 79.6 Å². The molecule has 2 heterocycles. The van der Waals surface area contributed by atoms with Crippen LogP contribution in [-0.4, -0.2) is 33.2 Å². The molecule has 4 rings (SSSR count). The van der Waals surface area contributed by atoms with Crippen molar-refractivity contribution in [1.82, 2.24) is 14.4 Å². The minimum absolute atomic E-state index is 0.123. The maximum absolute atomic E-state index is 13.0. The van der Waals surface area contributed by atoms with Gasteiger partial charge in [-0.1, -0.05) is 28.1 Å². The third kappa shape index (κ3) is 3.95. The fourth-order valence-corrected chi connectivity index (χ4v) is 3.36. The summed E-state index contributed by atoms with van der Waals surface area (Å²) in [5, 5.41) is 2.75. The molecule has 0 aliphatic carbocycles. The third-order valence-electron chi connectivity index (χ3n) is 4.63. The minimum atomic E-state index is -0.222. The predicted molar refractivity (Wildman–Crippen MR) is 120 cm³/mol. The van der Waals surface area contributed by atoms with E-state index in [9.17, 15) is 9.59 Å². The summed E-state index contributed by atoms with van der Waals surface area (Å²) < 4.78 is 2.78. The molecular weight excluding hydrogens is 446 g/mol. The average Bonchev–Trinajstić information content (AvgIpc) is 3.16. The molecule has 2 amide bonds. The zero-order chi connectivity index (χ0) is 21.3. The maximum atomic E-state index is 13.0. The number of amides is 2. The lowest BCUT2D eigenvalue weighted by atomic mass is 10.1. The van der Waals surface area contributed by atoms with E-state index in [1.54, 1.807) is 30.5 Å². The summed E-state index contributed by atoms with van der Waals surface area (Å²) in [4.78, 5) is 34.4. The van der Waals surface area contributed by atoms with Crippen molar-refractivity contribution >= 4 is 44.8 Å². The molecule has 0 fully saturated rings. The van der Waals surface area contributed by atoms with E-state index in [-0.39, 0.29) is 11.8 Å². The largest absolute Gasteiger partial charge is 0.326 e. The fourth-order valence-electron chi connectivity index (χ4n) is 3.09. The van der Waals surface area contributed by atoms with Gasteiger partial charge in [0, 0.05) is 41.6 Å². The molecule has 2 aromatic heterocycles. The van der Waals surface area contributed by atoms with Crippen LogP contribution in [0.1, 0.15) is 17.4 Å². The summed E-state index contributed by atoms with van der Waals surface area (Å²) in [6, 6.07) is 14.9. The molecule has 4 aromatic rings. The number of nitrogens with one attached hydrogen (secondary N) is 1. The number of nitrogens with zero attached hydrogens (tertiary/aromatic N) is 4. The van der Waals surface area contributed by atoms with Crippen LogP contribution in [0.3, 0.4) is 0 Å². The van der Waals surface area contributed by atoms with E-state index in [1.165, 1.54) is 6.92 Å². The van der Waals surface area contributed by atoms with Crippen molar-refractivity contribution in [2.75, 3.05) is 17.3 Å². The summed E-state index contributed by atoms with van der Waals surface area (Å²) in [7, 11) is 1.72. The molecule has 0 radical (unpaired) electrons. The normalized spacial score (nSPS) is 10.8. The maximum Gasteiger partial charge on any atom is 0.278 e. The zero-order valence-electron chi connectivity index (χ0n) is 16.3. The first kappa shape index (κ1) is 19.8. The van der Waals surface area contributed by atoms with E-state index in [0.717, 1.165) is 21.4 Å². The molecule has 0 spiro atoms. The van der Waals surface area contributed by atoms with E-state index in [2.05, 4.69) is 31.2 Å². The molecule has 7 nitrogen and oxygen atoms in total. The van der Waals surface area contributed by atoms with Gasteiger partial charge in [-0.05, 0) is 36.4 Å². The predicted octanol–water partition coefficient (Wildman–Crippen LogP) is 4.39. The second-order valence-corrected chi connectivity index (χ2v) is 7.66. The Hall–Kier alpha value is -3.52. The number of hydrogen-bond donors (Lipinski definition) is 1. The van der Waals surface area contributed by atoms with Gasteiger partial charge >= 0.3 is 0 Å². The molecule has 30 heavy (non-hydrogen) atoms. The molecule has 8 heteroatoms. The molecule has 1 N–H and O–H groups in total. The standard InChI is InChI=1S/C22H18BrN5O2/c1-14(29)26-17-7-3-15(4-8-17)20-11-25-21-12-24-19(13-28(20)21)22(30)27(2)18-9-5-16(23)6-10-18/h3-13H,1-2H3,(H,26,29). The highest BCUT2D eigenvalue weighted by Gasteiger charge is 2.17. The second-order valence-electron chi connectivity index (χ2n) is 6.74. The van der Waals surface area contributed by atoms with Crippen LogP contribution >= 0.6 is 15.9 Å². The third-order valence-corrected chi connectivity index (χ3v) is 5.16. The van der Waals surface area contributed by atoms with E-state index in [1.807, 2.05) is 52.9 Å². The van der Waals surface area contributed by atoms with Gasteiger partial charge in [0.05, 0.1) is 18.1 Å². The molecule has 0 unspecified atom stereocenters. The summed E-state index contributed by atoms with van der Waals surface area (Å²) in [5.74, 6) is -0.346. The summed E-state index contributed by atoms with van der Waals surface area (Å²) >= 11 is 3.40. The number of halogens is 1. The number of fused-ring (bicyclic) bond motifs is 1. The van der Waals surface area contributed by atoms with Gasteiger partial charge in [0.15, 0.2) is 5.65 Å². The fraction of sp³-hybridized carbons (Fsp3) is 0.0909. The van der Waals surface area contributed by atoms with Gasteiger partial charge in [0.2, 0.25) is 5.91 Å². The number of carbonyl (C=O) groups is 2. The van der Waals surface area contributed by atoms with Crippen LogP contribution in [0.2, 0.25) is 0 Å². The molecule has 0 saturated heterocycles. The Morgan fingerprint density at radius 1 is 1.00 bits per heavy atom. The number of anilines is 2. The summed E-state index contributed by atoms with van der Waals surface area (Å²) in [6.45, 7) is 1.47. The van der Waals surface area contributed by atoms with Crippen molar-refractivity contribution in [2.24, 2.45) is 0 Å². The SMILES string of the molecule is CC(=O)Nc1ccc(-c2cnc3cnc(C(=O)N(C)c4ccc(Br)cc4)cn23)cc1. The first-order chi connectivity index (χ1) is 14.4. The number of imidazole rings is 1. The van der Waals surface area contributed by atoms with Crippen molar-refractivity contribution in [1.29, 1.82) is 0 Å². The quantitative estimate of drug-likeness (QED) is 0.486. The zero-order valence-corrected chi connectivity index (χ0v) is 17.9. The number of hydrogen-bond acceptors (Lipinski definition) is 4. The second kappa shape index (κ2) is 8.08. The monoisotopic (exact) mass is 463 g/mol. The molecule has 2 aromatic carbocycles. The average molecular weight is 464 g/mol. The van der Waals surface area contributed by atoms with Crippen LogP contribution in [0.5, 0.6) is 0 Å². The van der Waals surface area contributed by atoms with Crippen molar-refractivity contribution in [3.63, 3.8) is 0 Å². The van der Waals surface area contributed by atoms with Crippen molar-refractivity contribution in [3.8, 4) is 11.3 Å². The highest BCUT2D eigenvalue weighted by Crippen LogP contribution is 2.24. The van der Waals surface area contributed by atoms with Crippen LogP contribution in [-0.2, 0) is 4.79 Å². The Balaban J connectivity index is 1.66. The van der Waals surface area contributed by atoms with Gasteiger partial charge in [-0.3, -0.25) is 14.0 Å². The molecule has 0 bridgehead atoms. The van der Waals surface area contributed by atoms with Gasteiger partial charge in [-0.25, -0.2) is 9.97 Å². The van der Waals surface area contributed by atoms with Gasteiger partial charge in [-0.15, -0.1) is 0 Å². The Kier molecular flexibility index (Phi) is 5.33. The van der Waals surface area contributed by atoms with Crippen LogP contribution in [0.25, 0.3) is 16.9 Å². The number of aromatic nitrogens is 3. The van der Waals surface area contributed by atoms with Gasteiger partial charge in [-0.2, -0.15) is 0 Å². The van der Waals surface area contributed by atoms with Crippen LogP contribution < -0.4 is 10.2 Å². The van der Waals surface area contributed by atoms with E-state index >= 15 is 0 Å². The first-order valence-corrected chi connectivity index (χ1v) is 9.96. The van der Waals surface area contributed by atoms with Crippen molar-refractivity contribution < 1.29 is 9.59 Å². The lowest BCUT2D eigenvalue weighted by Crippen LogP contribution is -2.27. The Morgan fingerprint density at radius 3 is 2.37 bits per heavy atom.